The van der Waals surface area contributed by atoms with Gasteiger partial charge in [-0.1, -0.05) is 6.42 Å². The Morgan fingerprint density at radius 2 is 2.00 bits per heavy atom. The van der Waals surface area contributed by atoms with Crippen molar-refractivity contribution in [3.63, 3.8) is 0 Å². The first kappa shape index (κ1) is 12.9. The van der Waals surface area contributed by atoms with Crippen LogP contribution in [0, 0.1) is 0 Å². The molecule has 2 rings (SSSR count). The number of aryl methyl sites for hydroxylation is 1. The van der Waals surface area contributed by atoms with Gasteiger partial charge in [0.25, 0.3) is 0 Å². The van der Waals surface area contributed by atoms with E-state index in [2.05, 4.69) is 22.0 Å². The Bertz CT molecular complexity index is 413. The molecule has 3 heteroatoms. The van der Waals surface area contributed by atoms with Gasteiger partial charge in [-0.15, -0.1) is 0 Å². The number of aliphatic hydroxyl groups is 1. The number of fused-ring (bicyclic) bond motifs is 1. The third-order valence-corrected chi connectivity index (χ3v) is 4.06. The Hall–Kier alpha value is -0.540. The van der Waals surface area contributed by atoms with Crippen molar-refractivity contribution >= 4 is 15.9 Å². The number of ether oxygens (including phenoxy) is 1. The van der Waals surface area contributed by atoms with Crippen LogP contribution in [-0.2, 0) is 12.8 Å². The van der Waals surface area contributed by atoms with E-state index < -0.39 is 6.10 Å². The van der Waals surface area contributed by atoms with Gasteiger partial charge in [0.1, 0.15) is 5.75 Å². The van der Waals surface area contributed by atoms with Gasteiger partial charge in [-0.3, -0.25) is 0 Å². The van der Waals surface area contributed by atoms with Crippen molar-refractivity contribution in [1.29, 1.82) is 0 Å². The molecule has 0 spiro atoms. The molecule has 0 saturated heterocycles. The average Bonchev–Trinajstić information content (AvgIpc) is 2.51. The number of rotatable bonds is 2. The highest BCUT2D eigenvalue weighted by atomic mass is 79.9. The maximum Gasteiger partial charge on any atom is 0.139 e. The second-order valence-corrected chi connectivity index (χ2v) is 5.53. The highest BCUT2D eigenvalue weighted by Crippen LogP contribution is 2.40. The number of hydrogen-bond acceptors (Lipinski definition) is 2. The molecular weight excluding hydrogens is 280 g/mol. The number of aliphatic hydroxyl groups excluding tert-OH is 1. The minimum Gasteiger partial charge on any atom is -0.495 e. The predicted molar refractivity (Wildman–Crippen MR) is 72.6 cm³/mol. The summed E-state index contributed by atoms with van der Waals surface area (Å²) in [5.74, 6) is 0.792. The minimum atomic E-state index is -0.478. The van der Waals surface area contributed by atoms with Crippen LogP contribution in [0.1, 0.15) is 49.0 Å². The molecule has 0 radical (unpaired) electrons. The molecule has 0 aromatic heterocycles. The molecule has 1 unspecified atom stereocenters. The lowest BCUT2D eigenvalue weighted by Gasteiger charge is -2.20. The van der Waals surface area contributed by atoms with Gasteiger partial charge < -0.3 is 9.84 Å². The summed E-state index contributed by atoms with van der Waals surface area (Å²) in [5.41, 5.74) is 3.64. The van der Waals surface area contributed by atoms with Crippen LogP contribution < -0.4 is 4.74 Å². The largest absolute Gasteiger partial charge is 0.495 e. The average molecular weight is 299 g/mol. The van der Waals surface area contributed by atoms with E-state index in [1.165, 1.54) is 30.4 Å². The lowest BCUT2D eigenvalue weighted by atomic mass is 9.93. The molecule has 0 fully saturated rings. The van der Waals surface area contributed by atoms with Crippen LogP contribution in [0.2, 0.25) is 0 Å². The van der Waals surface area contributed by atoms with Crippen molar-refractivity contribution in [2.24, 2.45) is 0 Å². The van der Waals surface area contributed by atoms with E-state index in [4.69, 9.17) is 4.74 Å². The molecule has 1 atom stereocenters. The summed E-state index contributed by atoms with van der Waals surface area (Å²) in [6.45, 7) is 1.81. The van der Waals surface area contributed by atoms with Crippen molar-refractivity contribution in [3.05, 3.63) is 27.2 Å². The molecule has 1 aromatic rings. The van der Waals surface area contributed by atoms with Gasteiger partial charge in [-0.25, -0.2) is 0 Å². The topological polar surface area (TPSA) is 29.5 Å². The predicted octanol–water partition coefficient (Wildman–Crippen LogP) is 3.78. The Balaban J connectivity index is 2.62. The fourth-order valence-corrected chi connectivity index (χ4v) is 3.36. The van der Waals surface area contributed by atoms with Crippen LogP contribution >= 0.6 is 15.9 Å². The second kappa shape index (κ2) is 5.40. The molecule has 1 aromatic carbocycles. The molecule has 17 heavy (non-hydrogen) atoms. The molecule has 0 bridgehead atoms. The summed E-state index contributed by atoms with van der Waals surface area (Å²) >= 11 is 3.54. The van der Waals surface area contributed by atoms with Gasteiger partial charge in [0, 0.05) is 5.56 Å². The van der Waals surface area contributed by atoms with Gasteiger partial charge in [-0.05, 0) is 65.7 Å². The molecular formula is C14H19BrO2. The number of hydrogen-bond donors (Lipinski definition) is 1. The van der Waals surface area contributed by atoms with Crippen LogP contribution in [0.4, 0.5) is 0 Å². The van der Waals surface area contributed by atoms with Crippen LogP contribution in [0.5, 0.6) is 5.75 Å². The third kappa shape index (κ3) is 2.50. The molecule has 0 heterocycles. The number of benzene rings is 1. The summed E-state index contributed by atoms with van der Waals surface area (Å²) < 4.78 is 6.39. The Morgan fingerprint density at radius 1 is 1.29 bits per heavy atom. The van der Waals surface area contributed by atoms with Crippen molar-refractivity contribution in [2.75, 3.05) is 7.11 Å². The quantitative estimate of drug-likeness (QED) is 0.842. The third-order valence-electron chi connectivity index (χ3n) is 3.47. The molecule has 1 aliphatic rings. The maximum atomic E-state index is 10.0. The van der Waals surface area contributed by atoms with E-state index in [0.29, 0.717) is 0 Å². The van der Waals surface area contributed by atoms with E-state index in [1.807, 2.05) is 6.92 Å². The summed E-state index contributed by atoms with van der Waals surface area (Å²) in [6, 6.07) is 2.16. The zero-order chi connectivity index (χ0) is 12.4. The van der Waals surface area contributed by atoms with E-state index in [-0.39, 0.29) is 0 Å². The summed E-state index contributed by atoms with van der Waals surface area (Å²) in [5, 5.41) is 10.0. The Kier molecular flexibility index (Phi) is 4.10. The lowest BCUT2D eigenvalue weighted by molar-refractivity contribution is 0.192. The molecule has 0 aliphatic heterocycles. The van der Waals surface area contributed by atoms with E-state index in [9.17, 15) is 5.11 Å². The van der Waals surface area contributed by atoms with E-state index in [1.54, 1.807) is 7.11 Å². The zero-order valence-corrected chi connectivity index (χ0v) is 12.0. The maximum absolute atomic E-state index is 10.0. The Morgan fingerprint density at radius 3 is 2.65 bits per heavy atom. The summed E-state index contributed by atoms with van der Waals surface area (Å²) in [6.07, 6.45) is 5.40. The first-order valence-corrected chi connectivity index (χ1v) is 7.00. The molecule has 2 nitrogen and oxygen atoms in total. The normalized spacial score (nSPS) is 17.2. The monoisotopic (exact) mass is 298 g/mol. The molecule has 1 aliphatic carbocycles. The van der Waals surface area contributed by atoms with Crippen molar-refractivity contribution in [1.82, 2.24) is 0 Å². The second-order valence-electron chi connectivity index (χ2n) is 4.68. The molecule has 0 saturated carbocycles. The standard InChI is InChI=1S/C14H19BrO2/c1-9(16)13-11-7-5-3-4-6-10(11)8-12(15)14(13)17-2/h8-9,16H,3-7H2,1-2H3. The lowest BCUT2D eigenvalue weighted by Crippen LogP contribution is -2.06. The van der Waals surface area contributed by atoms with E-state index >= 15 is 0 Å². The van der Waals surface area contributed by atoms with Gasteiger partial charge in [-0.2, -0.15) is 0 Å². The van der Waals surface area contributed by atoms with Crippen LogP contribution in [-0.4, -0.2) is 12.2 Å². The smallest absolute Gasteiger partial charge is 0.139 e. The van der Waals surface area contributed by atoms with Gasteiger partial charge in [0.2, 0.25) is 0 Å². The minimum absolute atomic E-state index is 0.478. The summed E-state index contributed by atoms with van der Waals surface area (Å²) in [4.78, 5) is 0. The highest BCUT2D eigenvalue weighted by molar-refractivity contribution is 9.10. The first-order chi connectivity index (χ1) is 8.15. The van der Waals surface area contributed by atoms with Crippen LogP contribution in [0.15, 0.2) is 10.5 Å². The van der Waals surface area contributed by atoms with Crippen molar-refractivity contribution in [2.45, 2.75) is 45.1 Å². The Labute approximate surface area is 111 Å². The van der Waals surface area contributed by atoms with Gasteiger partial charge >= 0.3 is 0 Å². The number of methoxy groups -OCH3 is 1. The van der Waals surface area contributed by atoms with Gasteiger partial charge in [0.15, 0.2) is 0 Å². The van der Waals surface area contributed by atoms with Gasteiger partial charge in [0.05, 0.1) is 17.7 Å². The zero-order valence-electron chi connectivity index (χ0n) is 10.4. The van der Waals surface area contributed by atoms with E-state index in [0.717, 1.165) is 28.6 Å². The molecule has 0 amide bonds. The first-order valence-electron chi connectivity index (χ1n) is 6.21. The molecule has 1 N–H and O–H groups in total. The fraction of sp³-hybridized carbons (Fsp3) is 0.571. The van der Waals surface area contributed by atoms with Crippen LogP contribution in [0.3, 0.4) is 0 Å². The van der Waals surface area contributed by atoms with Crippen molar-refractivity contribution in [3.8, 4) is 5.75 Å². The highest BCUT2D eigenvalue weighted by Gasteiger charge is 2.21. The summed E-state index contributed by atoms with van der Waals surface area (Å²) in [7, 11) is 1.66. The van der Waals surface area contributed by atoms with Crippen LogP contribution in [0.25, 0.3) is 0 Å². The molecule has 94 valence electrons. The SMILES string of the molecule is COc1c(Br)cc2c(c1C(C)O)CCCCC2. The fourth-order valence-electron chi connectivity index (χ4n) is 2.71. The number of halogens is 1. The van der Waals surface area contributed by atoms with Crippen molar-refractivity contribution < 1.29 is 9.84 Å².